The Balaban J connectivity index is 1.86. The van der Waals surface area contributed by atoms with E-state index in [9.17, 15) is 21.6 Å². The van der Waals surface area contributed by atoms with E-state index < -0.39 is 19.9 Å². The zero-order chi connectivity index (χ0) is 18.4. The second kappa shape index (κ2) is 6.28. The van der Waals surface area contributed by atoms with Crippen LogP contribution in [-0.4, -0.2) is 65.0 Å². The van der Waals surface area contributed by atoms with Crippen LogP contribution < -0.4 is 4.31 Å². The third kappa shape index (κ3) is 3.67. The minimum absolute atomic E-state index is 0.00202. The third-order valence-electron chi connectivity index (χ3n) is 4.88. The molecule has 0 radical (unpaired) electrons. The van der Waals surface area contributed by atoms with Gasteiger partial charge in [0.2, 0.25) is 10.0 Å². The van der Waals surface area contributed by atoms with Gasteiger partial charge in [0.25, 0.3) is 5.91 Å². The molecule has 2 heterocycles. The van der Waals surface area contributed by atoms with Gasteiger partial charge >= 0.3 is 0 Å². The number of aryl methyl sites for hydroxylation is 1. The molecule has 0 aliphatic carbocycles. The number of hydrogen-bond donors (Lipinski definition) is 0. The van der Waals surface area contributed by atoms with E-state index in [1.54, 1.807) is 25.2 Å². The molecule has 3 rings (SSSR count). The maximum atomic E-state index is 12.7. The van der Waals surface area contributed by atoms with Gasteiger partial charge in [-0.05, 0) is 43.0 Å². The van der Waals surface area contributed by atoms with Gasteiger partial charge in [-0.1, -0.05) is 0 Å². The van der Waals surface area contributed by atoms with Crippen molar-refractivity contribution in [2.24, 2.45) is 0 Å². The van der Waals surface area contributed by atoms with Crippen LogP contribution in [0.1, 0.15) is 28.8 Å². The molecule has 2 aliphatic heterocycles. The number of carbonyl (C=O) groups is 1. The molecule has 1 amide bonds. The van der Waals surface area contributed by atoms with Gasteiger partial charge in [0.05, 0.1) is 23.4 Å². The first-order chi connectivity index (χ1) is 11.6. The maximum absolute atomic E-state index is 12.7. The monoisotopic (exact) mass is 386 g/mol. The summed E-state index contributed by atoms with van der Waals surface area (Å²) in [4.78, 5) is 14.2. The molecule has 1 fully saturated rings. The lowest BCUT2D eigenvalue weighted by Gasteiger charge is -2.30. The first-order valence-electron chi connectivity index (χ1n) is 8.17. The predicted octanol–water partition coefficient (Wildman–Crippen LogP) is 0.658. The molecule has 1 atom stereocenters. The van der Waals surface area contributed by atoms with Crippen LogP contribution in [0.25, 0.3) is 0 Å². The molecule has 0 N–H and O–H groups in total. The number of sulfone groups is 1. The molecule has 25 heavy (non-hydrogen) atoms. The zero-order valence-corrected chi connectivity index (χ0v) is 15.9. The largest absolute Gasteiger partial charge is 0.338 e. The molecule has 0 aromatic heterocycles. The normalized spacial score (nSPS) is 22.5. The first-order valence-corrected chi connectivity index (χ1v) is 11.8. The average Bonchev–Trinajstić information content (AvgIpc) is 2.91. The van der Waals surface area contributed by atoms with Gasteiger partial charge in [0, 0.05) is 25.2 Å². The van der Waals surface area contributed by atoms with Crippen molar-refractivity contribution < 1.29 is 21.6 Å². The number of nitrogens with zero attached hydrogens (tertiary/aromatic N) is 2. The molecule has 1 aromatic carbocycles. The van der Waals surface area contributed by atoms with E-state index in [1.807, 2.05) is 0 Å². The Morgan fingerprint density at radius 2 is 2.04 bits per heavy atom. The fourth-order valence-electron chi connectivity index (χ4n) is 3.49. The second-order valence-electron chi connectivity index (χ2n) is 6.76. The van der Waals surface area contributed by atoms with E-state index in [1.165, 1.54) is 15.5 Å². The molecule has 7 nitrogen and oxygen atoms in total. The Hall–Kier alpha value is -1.61. The van der Waals surface area contributed by atoms with Crippen LogP contribution in [0.3, 0.4) is 0 Å². The number of hydrogen-bond acceptors (Lipinski definition) is 5. The van der Waals surface area contributed by atoms with E-state index in [4.69, 9.17) is 0 Å². The number of anilines is 1. The van der Waals surface area contributed by atoms with Crippen LogP contribution in [-0.2, 0) is 26.3 Å². The van der Waals surface area contributed by atoms with Crippen molar-refractivity contribution in [1.29, 1.82) is 0 Å². The summed E-state index contributed by atoms with van der Waals surface area (Å²) in [6, 6.07) is 4.71. The molecule has 0 saturated carbocycles. The molecular formula is C16H22N2O5S2. The van der Waals surface area contributed by atoms with Crippen molar-refractivity contribution in [3.8, 4) is 0 Å². The van der Waals surface area contributed by atoms with Crippen LogP contribution in [0.2, 0.25) is 0 Å². The van der Waals surface area contributed by atoms with Gasteiger partial charge in [0.15, 0.2) is 9.84 Å². The van der Waals surface area contributed by atoms with Crippen LogP contribution in [0.4, 0.5) is 5.69 Å². The molecular weight excluding hydrogens is 364 g/mol. The lowest BCUT2D eigenvalue weighted by atomic mass is 10.00. The zero-order valence-electron chi connectivity index (χ0n) is 14.3. The highest BCUT2D eigenvalue weighted by molar-refractivity contribution is 7.92. The lowest BCUT2D eigenvalue weighted by Crippen LogP contribution is -2.38. The third-order valence-corrected chi connectivity index (χ3v) is 7.81. The van der Waals surface area contributed by atoms with E-state index in [0.29, 0.717) is 37.1 Å². The number of sulfonamides is 1. The lowest BCUT2D eigenvalue weighted by molar-refractivity contribution is 0.0747. The fraction of sp³-hybridized carbons (Fsp3) is 0.562. The number of amides is 1. The Morgan fingerprint density at radius 3 is 2.64 bits per heavy atom. The summed E-state index contributed by atoms with van der Waals surface area (Å²) in [5.41, 5.74) is 1.91. The van der Waals surface area contributed by atoms with Crippen LogP contribution >= 0.6 is 0 Å². The Kier molecular flexibility index (Phi) is 4.57. The number of benzene rings is 1. The van der Waals surface area contributed by atoms with E-state index >= 15 is 0 Å². The van der Waals surface area contributed by atoms with Gasteiger partial charge in [-0.3, -0.25) is 9.10 Å². The van der Waals surface area contributed by atoms with Gasteiger partial charge < -0.3 is 4.90 Å². The summed E-state index contributed by atoms with van der Waals surface area (Å²) in [5, 5.41) is 0. The van der Waals surface area contributed by atoms with Crippen molar-refractivity contribution in [3.05, 3.63) is 29.3 Å². The predicted molar refractivity (Wildman–Crippen MR) is 96.1 cm³/mol. The minimum Gasteiger partial charge on any atom is -0.338 e. The highest BCUT2D eigenvalue weighted by Crippen LogP contribution is 2.30. The topological polar surface area (TPSA) is 91.8 Å². The Bertz CT molecular complexity index is 908. The minimum atomic E-state index is -3.34. The van der Waals surface area contributed by atoms with Crippen molar-refractivity contribution in [2.45, 2.75) is 25.3 Å². The van der Waals surface area contributed by atoms with Gasteiger partial charge in [-0.2, -0.15) is 0 Å². The van der Waals surface area contributed by atoms with Crippen LogP contribution in [0.15, 0.2) is 18.2 Å². The summed E-state index contributed by atoms with van der Waals surface area (Å²) in [5.74, 6) is -0.119. The quantitative estimate of drug-likeness (QED) is 0.761. The number of carbonyl (C=O) groups excluding carboxylic acids is 1. The van der Waals surface area contributed by atoms with E-state index in [0.717, 1.165) is 5.56 Å². The summed E-state index contributed by atoms with van der Waals surface area (Å²) in [6.45, 7) is 0.443. The highest BCUT2D eigenvalue weighted by atomic mass is 32.2. The van der Waals surface area contributed by atoms with Crippen molar-refractivity contribution in [3.63, 3.8) is 0 Å². The SMILES string of the molecule is CN(C(=O)c1ccc2c(c1)CCCN2S(C)(=O)=O)[C@H]1CCS(=O)(=O)C1. The van der Waals surface area contributed by atoms with Crippen molar-refractivity contribution in [2.75, 3.05) is 35.7 Å². The molecule has 1 aromatic rings. The highest BCUT2D eigenvalue weighted by Gasteiger charge is 2.33. The first kappa shape index (κ1) is 18.2. The van der Waals surface area contributed by atoms with Crippen LogP contribution in [0.5, 0.6) is 0 Å². The summed E-state index contributed by atoms with van der Waals surface area (Å²) < 4.78 is 48.4. The molecule has 0 bridgehead atoms. The molecule has 138 valence electrons. The van der Waals surface area contributed by atoms with E-state index in [2.05, 4.69) is 0 Å². The van der Waals surface area contributed by atoms with Crippen LogP contribution in [0, 0.1) is 0 Å². The average molecular weight is 386 g/mol. The van der Waals surface area contributed by atoms with Gasteiger partial charge in [-0.15, -0.1) is 0 Å². The number of rotatable bonds is 3. The maximum Gasteiger partial charge on any atom is 0.253 e. The molecule has 1 saturated heterocycles. The van der Waals surface area contributed by atoms with Crippen molar-refractivity contribution in [1.82, 2.24) is 4.90 Å². The Labute approximate surface area is 148 Å². The Morgan fingerprint density at radius 1 is 1.32 bits per heavy atom. The van der Waals surface area contributed by atoms with Gasteiger partial charge in [-0.25, -0.2) is 16.8 Å². The van der Waals surface area contributed by atoms with Crippen molar-refractivity contribution >= 4 is 31.5 Å². The molecule has 0 unspecified atom stereocenters. The van der Waals surface area contributed by atoms with E-state index in [-0.39, 0.29) is 23.5 Å². The molecule has 9 heteroatoms. The summed E-state index contributed by atoms with van der Waals surface area (Å²) in [6.07, 6.45) is 3.05. The summed E-state index contributed by atoms with van der Waals surface area (Å²) >= 11 is 0. The fourth-order valence-corrected chi connectivity index (χ4v) is 6.26. The number of fused-ring (bicyclic) bond motifs is 1. The molecule has 0 spiro atoms. The molecule has 2 aliphatic rings. The smallest absolute Gasteiger partial charge is 0.253 e. The second-order valence-corrected chi connectivity index (χ2v) is 10.9. The summed E-state index contributed by atoms with van der Waals surface area (Å²) in [7, 11) is -4.78. The van der Waals surface area contributed by atoms with Gasteiger partial charge in [0.1, 0.15) is 0 Å². The standard InChI is InChI=1S/C16H22N2O5S2/c1-17(14-7-9-25(22,23)11-14)16(19)13-5-6-15-12(10-13)4-3-8-18(15)24(2,20)21/h5-6,10,14H,3-4,7-9,11H2,1-2H3/t14-/m0/s1.